The fraction of sp³-hybridized carbons (Fsp3) is 0.551. The van der Waals surface area contributed by atoms with Crippen LogP contribution in [0.15, 0.2) is 97.1 Å². The second kappa shape index (κ2) is 31.4. The molecule has 2 aliphatic rings. The van der Waals surface area contributed by atoms with Crippen LogP contribution in [-0.4, -0.2) is 117 Å². The zero-order valence-electron chi connectivity index (χ0n) is 37.4. The summed E-state index contributed by atoms with van der Waals surface area (Å²) < 4.78 is 91.7. The van der Waals surface area contributed by atoms with E-state index in [1.54, 1.807) is 12.2 Å². The molecule has 0 unspecified atom stereocenters. The summed E-state index contributed by atoms with van der Waals surface area (Å²) in [6, 6.07) is 8.76. The van der Waals surface area contributed by atoms with E-state index >= 15 is 0 Å². The standard InChI is InChI=1S/C24H31F3O6.C23H29F3O6.CH4O.CH4/c1-32-23(31)10-5-3-2-4-9-19-20(22(30)14-21(19)29)12-11-17(28)15-33-18-8-6-7-16(13-18)24(25,26)27;24-23(25,26)15-6-5-7-17(12-15)32-14-16(27)10-11-19-18(20(28)13-21(19)29)8-3-1-2-4-9-22(30)31;1-2;/h2,4,6-8,11-13,17,19-22,28-30H,3,5,9-10,14-15H2,1H3;1,3,5-7,10-12,16,18-21,27-29H,2,4,8-9,13-14H2,(H,30,31);2H,1H3;1H4/b4-2-,12-11+;3-1-,11-10+;;/t17-,19-,20-,21+,22-;16-,18-,19-,20+,21-;;/m11../s1. The molecule has 0 radical (unpaired) electrons. The predicted molar refractivity (Wildman–Crippen MR) is 241 cm³/mol. The lowest BCUT2D eigenvalue weighted by Crippen LogP contribution is -2.21. The first-order valence-electron chi connectivity index (χ1n) is 21.8. The molecule has 8 N–H and O–H groups in total. The highest BCUT2D eigenvalue weighted by Gasteiger charge is 2.40. The molecular weight excluding hydrogens is 911 g/mol. The quantitative estimate of drug-likeness (QED) is 0.0249. The van der Waals surface area contributed by atoms with Crippen LogP contribution in [0.1, 0.15) is 82.8 Å². The van der Waals surface area contributed by atoms with Crippen molar-refractivity contribution in [2.75, 3.05) is 27.4 Å². The minimum atomic E-state index is -4.49. The molecule has 0 spiro atoms. The maximum atomic E-state index is 12.8. The van der Waals surface area contributed by atoms with Gasteiger partial charge in [-0.1, -0.05) is 68.2 Å². The summed E-state index contributed by atoms with van der Waals surface area (Å²) in [5.41, 5.74) is -1.68. The predicted octanol–water partition coefficient (Wildman–Crippen LogP) is 7.45. The van der Waals surface area contributed by atoms with E-state index in [4.69, 9.17) is 19.7 Å². The molecule has 384 valence electrons. The fourth-order valence-corrected chi connectivity index (χ4v) is 7.50. The normalized spacial score (nSPS) is 23.7. The Labute approximate surface area is 393 Å². The van der Waals surface area contributed by atoms with Gasteiger partial charge >= 0.3 is 24.3 Å². The molecule has 4 rings (SSSR count). The van der Waals surface area contributed by atoms with Crippen LogP contribution in [0.2, 0.25) is 0 Å². The number of aliphatic hydroxyl groups excluding tert-OH is 7. The fourth-order valence-electron chi connectivity index (χ4n) is 7.50. The molecular formula is C49H68F6O13. The van der Waals surface area contributed by atoms with Crippen LogP contribution >= 0.6 is 0 Å². The summed E-state index contributed by atoms with van der Waals surface area (Å²) in [5.74, 6) is -2.46. The number of aliphatic carboxylic acids is 1. The van der Waals surface area contributed by atoms with Gasteiger partial charge in [0.15, 0.2) is 0 Å². The second-order valence-electron chi connectivity index (χ2n) is 16.0. The third kappa shape index (κ3) is 22.6. The SMILES string of the molecule is C.CO.COC(=O)CCC/C=C\C[C@@H]1[C@@H](/C=C/[C@@H](O)COc2cccc(C(F)(F)F)c2)[C@H](O)C[C@@H]1O.O=C(O)CCC/C=C\C[C@@H]1[C@@H](/C=C/[C@@H](O)COc2cccc(C(F)(F)F)c2)[C@H](O)C[C@@H]1O. The summed E-state index contributed by atoms with van der Waals surface area (Å²) in [6.45, 7) is -0.523. The van der Waals surface area contributed by atoms with Gasteiger partial charge in [-0.2, -0.15) is 26.3 Å². The Balaban J connectivity index is 0.000000647. The summed E-state index contributed by atoms with van der Waals surface area (Å²) in [7, 11) is 2.34. The summed E-state index contributed by atoms with van der Waals surface area (Å²) in [6.07, 6.45) is 3.68. The van der Waals surface area contributed by atoms with Gasteiger partial charge in [-0.05, 0) is 86.8 Å². The lowest BCUT2D eigenvalue weighted by Gasteiger charge is -2.19. The van der Waals surface area contributed by atoms with Gasteiger partial charge in [-0.15, -0.1) is 0 Å². The molecule has 0 amide bonds. The molecule has 13 nitrogen and oxygen atoms in total. The number of esters is 1. The Morgan fingerprint density at radius 3 is 1.43 bits per heavy atom. The van der Waals surface area contributed by atoms with E-state index in [-0.39, 0.29) is 75.1 Å². The van der Waals surface area contributed by atoms with Crippen molar-refractivity contribution in [1.82, 2.24) is 0 Å². The van der Waals surface area contributed by atoms with E-state index in [0.29, 0.717) is 44.9 Å². The number of halogens is 6. The molecule has 0 heterocycles. The molecule has 0 aromatic heterocycles. The van der Waals surface area contributed by atoms with Gasteiger partial charge < -0.3 is 55.1 Å². The Bertz CT molecular complexity index is 1870. The van der Waals surface area contributed by atoms with Crippen molar-refractivity contribution in [3.05, 3.63) is 108 Å². The minimum Gasteiger partial charge on any atom is -0.491 e. The van der Waals surface area contributed by atoms with Crippen molar-refractivity contribution in [1.29, 1.82) is 0 Å². The number of carbonyl (C=O) groups is 2. The Hall–Kier alpha value is -4.76. The Morgan fingerprint density at radius 2 is 1.06 bits per heavy atom. The number of hydrogen-bond donors (Lipinski definition) is 8. The van der Waals surface area contributed by atoms with Crippen molar-refractivity contribution < 1.29 is 91.0 Å². The third-order valence-electron chi connectivity index (χ3n) is 11.0. The van der Waals surface area contributed by atoms with Gasteiger partial charge in [-0.25, -0.2) is 0 Å². The molecule has 10 atom stereocenters. The number of ether oxygens (including phenoxy) is 3. The van der Waals surface area contributed by atoms with Crippen LogP contribution in [0.25, 0.3) is 0 Å². The zero-order chi connectivity index (χ0) is 50.2. The van der Waals surface area contributed by atoms with Crippen molar-refractivity contribution >= 4 is 11.9 Å². The molecule has 2 saturated carbocycles. The van der Waals surface area contributed by atoms with Crippen LogP contribution in [0.5, 0.6) is 11.5 Å². The van der Waals surface area contributed by atoms with E-state index in [2.05, 4.69) is 4.74 Å². The number of carboxylic acids is 1. The number of aliphatic hydroxyl groups is 7. The average molecular weight is 979 g/mol. The number of allylic oxidation sites excluding steroid dienone is 4. The van der Waals surface area contributed by atoms with Gasteiger partial charge in [0.2, 0.25) is 0 Å². The Morgan fingerprint density at radius 1 is 0.662 bits per heavy atom. The number of methoxy groups -OCH3 is 1. The maximum Gasteiger partial charge on any atom is 0.416 e. The van der Waals surface area contributed by atoms with Crippen molar-refractivity contribution in [3.8, 4) is 11.5 Å². The molecule has 68 heavy (non-hydrogen) atoms. The molecule has 2 fully saturated rings. The van der Waals surface area contributed by atoms with Gasteiger partial charge in [0, 0.05) is 44.6 Å². The topological polar surface area (TPSA) is 224 Å². The Kier molecular flexibility index (Phi) is 28.3. The van der Waals surface area contributed by atoms with Crippen molar-refractivity contribution in [2.24, 2.45) is 23.7 Å². The number of unbranched alkanes of at least 4 members (excludes halogenated alkanes) is 2. The molecule has 2 aliphatic carbocycles. The summed E-state index contributed by atoms with van der Waals surface area (Å²) in [5, 5.41) is 76.9. The number of rotatable bonds is 22. The van der Waals surface area contributed by atoms with Gasteiger partial charge in [-0.3, -0.25) is 9.59 Å². The van der Waals surface area contributed by atoms with Gasteiger partial charge in [0.25, 0.3) is 0 Å². The van der Waals surface area contributed by atoms with Crippen LogP contribution in [0, 0.1) is 23.7 Å². The van der Waals surface area contributed by atoms with E-state index in [1.165, 1.54) is 43.5 Å². The van der Waals surface area contributed by atoms with Gasteiger partial charge in [0.1, 0.15) is 36.9 Å². The molecule has 19 heteroatoms. The molecule has 0 aliphatic heterocycles. The van der Waals surface area contributed by atoms with Crippen LogP contribution in [0.3, 0.4) is 0 Å². The molecule has 2 aromatic rings. The number of hydrogen-bond acceptors (Lipinski definition) is 12. The third-order valence-corrected chi connectivity index (χ3v) is 11.0. The summed E-state index contributed by atoms with van der Waals surface area (Å²) >= 11 is 0. The van der Waals surface area contributed by atoms with Crippen LogP contribution < -0.4 is 9.47 Å². The van der Waals surface area contributed by atoms with Crippen LogP contribution in [0.4, 0.5) is 26.3 Å². The van der Waals surface area contributed by atoms with Gasteiger partial charge in [0.05, 0.1) is 42.7 Å². The lowest BCUT2D eigenvalue weighted by molar-refractivity contribution is -0.141. The second-order valence-corrected chi connectivity index (χ2v) is 16.0. The zero-order valence-corrected chi connectivity index (χ0v) is 37.4. The maximum absolute atomic E-state index is 12.8. The number of benzene rings is 2. The largest absolute Gasteiger partial charge is 0.491 e. The lowest BCUT2D eigenvalue weighted by atomic mass is 9.89. The first-order chi connectivity index (χ1) is 31.7. The number of carbonyl (C=O) groups excluding carboxylic acids is 1. The first-order valence-corrected chi connectivity index (χ1v) is 21.8. The summed E-state index contributed by atoms with van der Waals surface area (Å²) in [4.78, 5) is 21.6. The van der Waals surface area contributed by atoms with Crippen molar-refractivity contribution in [3.63, 3.8) is 0 Å². The number of alkyl halides is 6. The van der Waals surface area contributed by atoms with E-state index in [0.717, 1.165) is 31.4 Å². The number of carboxylic acid groups (broad SMARTS) is 1. The smallest absolute Gasteiger partial charge is 0.416 e. The average Bonchev–Trinajstić information content (AvgIpc) is 3.72. The molecule has 0 bridgehead atoms. The monoisotopic (exact) mass is 978 g/mol. The molecule has 0 saturated heterocycles. The first kappa shape index (κ1) is 61.3. The van der Waals surface area contributed by atoms with E-state index < -0.39 is 72.0 Å². The minimum absolute atomic E-state index is 0. The van der Waals surface area contributed by atoms with Crippen molar-refractivity contribution in [2.45, 2.75) is 121 Å². The molecule has 2 aromatic carbocycles. The van der Waals surface area contributed by atoms with Crippen LogP contribution in [-0.2, 0) is 26.7 Å². The highest BCUT2D eigenvalue weighted by molar-refractivity contribution is 5.69. The highest BCUT2D eigenvalue weighted by Crippen LogP contribution is 2.38. The highest BCUT2D eigenvalue weighted by atomic mass is 19.4. The van der Waals surface area contributed by atoms with E-state index in [1.807, 2.05) is 24.3 Å². The van der Waals surface area contributed by atoms with E-state index in [9.17, 15) is 66.6 Å².